The van der Waals surface area contributed by atoms with Crippen LogP contribution in [0.4, 0.5) is 0 Å². The lowest BCUT2D eigenvalue weighted by molar-refractivity contribution is -0.222. The molecule has 27 heavy (non-hydrogen) atoms. The van der Waals surface area contributed by atoms with E-state index in [1.165, 1.54) is 32.1 Å². The SMILES string of the molecule is CCCCC/C=C\C/C=C\CCCCCCCC([O-])=NCCOP(=O)([O-])O. The summed E-state index contributed by atoms with van der Waals surface area (Å²) in [6.07, 6.45) is 21.8. The molecule has 0 heterocycles. The first-order valence-electron chi connectivity index (χ1n) is 10.1. The van der Waals surface area contributed by atoms with Gasteiger partial charge in [0, 0.05) is 0 Å². The van der Waals surface area contributed by atoms with Crippen LogP contribution < -0.4 is 10.00 Å². The topological polar surface area (TPSA) is 105 Å². The average Bonchev–Trinajstić information content (AvgIpc) is 2.61. The molecule has 1 unspecified atom stereocenters. The van der Waals surface area contributed by atoms with Gasteiger partial charge in [0.1, 0.15) is 0 Å². The highest BCUT2D eigenvalue weighted by molar-refractivity contribution is 7.44. The van der Waals surface area contributed by atoms with Crippen molar-refractivity contribution in [2.45, 2.75) is 84.0 Å². The van der Waals surface area contributed by atoms with E-state index in [0.717, 1.165) is 38.5 Å². The number of hydrogen-bond acceptors (Lipinski definition) is 5. The van der Waals surface area contributed by atoms with E-state index in [0.29, 0.717) is 6.42 Å². The summed E-state index contributed by atoms with van der Waals surface area (Å²) in [6.45, 7) is 1.87. The maximum absolute atomic E-state index is 11.5. The number of nitrogens with zero attached hydrogens (tertiary/aromatic N) is 1. The van der Waals surface area contributed by atoms with Crippen molar-refractivity contribution in [2.24, 2.45) is 4.99 Å². The van der Waals surface area contributed by atoms with E-state index in [9.17, 15) is 14.6 Å². The second kappa shape index (κ2) is 18.4. The fourth-order valence-electron chi connectivity index (χ4n) is 2.49. The van der Waals surface area contributed by atoms with E-state index in [1.807, 2.05) is 0 Å². The summed E-state index contributed by atoms with van der Waals surface area (Å²) in [5.41, 5.74) is 0. The van der Waals surface area contributed by atoms with Crippen molar-refractivity contribution in [3.05, 3.63) is 24.3 Å². The van der Waals surface area contributed by atoms with Crippen LogP contribution in [0.3, 0.4) is 0 Å². The third-order valence-electron chi connectivity index (χ3n) is 3.98. The van der Waals surface area contributed by atoms with Crippen LogP contribution in [0.25, 0.3) is 0 Å². The van der Waals surface area contributed by atoms with Gasteiger partial charge in [-0.2, -0.15) is 0 Å². The molecule has 0 aliphatic carbocycles. The average molecular weight is 401 g/mol. The van der Waals surface area contributed by atoms with Crippen LogP contribution in [0.1, 0.15) is 84.0 Å². The van der Waals surface area contributed by atoms with E-state index >= 15 is 0 Å². The van der Waals surface area contributed by atoms with Crippen molar-refractivity contribution >= 4 is 13.7 Å². The molecule has 0 saturated carbocycles. The normalized spacial score (nSPS) is 15.0. The zero-order chi connectivity index (χ0) is 20.2. The van der Waals surface area contributed by atoms with Gasteiger partial charge < -0.3 is 24.4 Å². The highest BCUT2D eigenvalue weighted by atomic mass is 31.2. The van der Waals surface area contributed by atoms with Crippen LogP contribution in [0.2, 0.25) is 0 Å². The quantitative estimate of drug-likeness (QED) is 0.123. The second-order valence-electron chi connectivity index (χ2n) is 6.56. The standard InChI is InChI=1S/C20H38NO5P/c1-2-3-4-5-6-7-8-9-10-11-12-13-14-15-16-17-20(22)21-18-19-26-27(23,24)25/h6-7,9-10H,2-5,8,11-19H2,1H3,(H,21,22)(H2,23,24,25)/p-2/b7-6-,10-9-. The Hall–Kier alpha value is -0.940. The Morgan fingerprint density at radius 2 is 1.59 bits per heavy atom. The Balaban J connectivity index is 3.41. The maximum Gasteiger partial charge on any atom is 0.265 e. The molecular weight excluding hydrogens is 365 g/mol. The number of rotatable bonds is 18. The second-order valence-corrected chi connectivity index (χ2v) is 7.75. The van der Waals surface area contributed by atoms with E-state index in [2.05, 4.69) is 40.7 Å². The van der Waals surface area contributed by atoms with Gasteiger partial charge in [-0.25, -0.2) is 0 Å². The molecule has 1 atom stereocenters. The Morgan fingerprint density at radius 1 is 1.00 bits per heavy atom. The van der Waals surface area contributed by atoms with Crippen molar-refractivity contribution < 1.29 is 24.0 Å². The summed E-state index contributed by atoms with van der Waals surface area (Å²) in [4.78, 5) is 22.4. The molecule has 0 saturated heterocycles. The third-order valence-corrected chi connectivity index (χ3v) is 4.48. The van der Waals surface area contributed by atoms with Crippen molar-refractivity contribution in [3.63, 3.8) is 0 Å². The Kier molecular flexibility index (Phi) is 17.8. The van der Waals surface area contributed by atoms with E-state index in [4.69, 9.17) is 4.89 Å². The van der Waals surface area contributed by atoms with Crippen molar-refractivity contribution in [1.82, 2.24) is 0 Å². The molecule has 158 valence electrons. The van der Waals surface area contributed by atoms with Gasteiger partial charge in [-0.15, -0.1) is 0 Å². The molecule has 0 aromatic carbocycles. The van der Waals surface area contributed by atoms with Gasteiger partial charge in [-0.1, -0.05) is 63.3 Å². The zero-order valence-corrected chi connectivity index (χ0v) is 17.6. The van der Waals surface area contributed by atoms with Gasteiger partial charge in [-0.3, -0.25) is 4.57 Å². The molecule has 0 radical (unpaired) electrons. The molecule has 0 bridgehead atoms. The molecule has 0 aliphatic heterocycles. The first-order chi connectivity index (χ1) is 13.0. The van der Waals surface area contributed by atoms with Crippen LogP contribution in [-0.4, -0.2) is 23.9 Å². The third kappa shape index (κ3) is 23.0. The molecule has 0 spiro atoms. The van der Waals surface area contributed by atoms with E-state index in [1.54, 1.807) is 0 Å². The summed E-state index contributed by atoms with van der Waals surface area (Å²) in [7, 11) is -4.71. The molecule has 6 nitrogen and oxygen atoms in total. The monoisotopic (exact) mass is 401 g/mol. The molecule has 1 N–H and O–H groups in total. The van der Waals surface area contributed by atoms with Gasteiger partial charge in [0.2, 0.25) is 0 Å². The van der Waals surface area contributed by atoms with Gasteiger partial charge in [0.25, 0.3) is 7.82 Å². The Labute approximate surface area is 164 Å². The number of unbranched alkanes of at least 4 members (excludes halogenated alkanes) is 8. The first kappa shape index (κ1) is 26.1. The Bertz CT molecular complexity index is 471. The summed E-state index contributed by atoms with van der Waals surface area (Å²) in [6, 6.07) is 0. The fraction of sp³-hybridized carbons (Fsp3) is 0.750. The maximum atomic E-state index is 11.5. The molecule has 0 amide bonds. The number of hydrogen-bond donors (Lipinski definition) is 1. The van der Waals surface area contributed by atoms with Crippen LogP contribution >= 0.6 is 7.82 Å². The molecule has 7 heteroatoms. The van der Waals surface area contributed by atoms with E-state index < -0.39 is 7.82 Å². The van der Waals surface area contributed by atoms with Crippen molar-refractivity contribution in [2.75, 3.05) is 13.2 Å². The molecule has 0 fully saturated rings. The number of phosphoric acid groups is 1. The summed E-state index contributed by atoms with van der Waals surface area (Å²) >= 11 is 0. The molecule has 0 rings (SSSR count). The number of allylic oxidation sites excluding steroid dienone is 4. The van der Waals surface area contributed by atoms with Gasteiger partial charge in [0.05, 0.1) is 13.2 Å². The van der Waals surface area contributed by atoms with Gasteiger partial charge in [-0.05, 0) is 50.8 Å². The van der Waals surface area contributed by atoms with E-state index in [-0.39, 0.29) is 19.0 Å². The lowest BCUT2D eigenvalue weighted by Crippen LogP contribution is -2.18. The highest BCUT2D eigenvalue weighted by Gasteiger charge is 1.99. The lowest BCUT2D eigenvalue weighted by atomic mass is 10.1. The summed E-state index contributed by atoms with van der Waals surface area (Å²) in [5.74, 6) is -0.247. The lowest BCUT2D eigenvalue weighted by Gasteiger charge is -2.15. The minimum Gasteiger partial charge on any atom is -0.862 e. The molecule has 0 aromatic rings. The fourth-order valence-corrected chi connectivity index (χ4v) is 2.81. The van der Waals surface area contributed by atoms with Crippen LogP contribution in [0.15, 0.2) is 29.3 Å². The van der Waals surface area contributed by atoms with Gasteiger partial charge in [0.15, 0.2) is 0 Å². The summed E-state index contributed by atoms with van der Waals surface area (Å²) in [5, 5.41) is 11.5. The smallest absolute Gasteiger partial charge is 0.265 e. The van der Waals surface area contributed by atoms with Crippen LogP contribution in [0, 0.1) is 0 Å². The molecular formula is C20H36NO5P-2. The minimum absolute atomic E-state index is 0.0497. The Morgan fingerprint density at radius 3 is 2.22 bits per heavy atom. The minimum atomic E-state index is -4.71. The van der Waals surface area contributed by atoms with Gasteiger partial charge >= 0.3 is 0 Å². The van der Waals surface area contributed by atoms with Crippen molar-refractivity contribution in [1.29, 1.82) is 0 Å². The van der Waals surface area contributed by atoms with Crippen LogP contribution in [0.5, 0.6) is 0 Å². The van der Waals surface area contributed by atoms with Crippen LogP contribution in [-0.2, 0) is 9.09 Å². The number of aliphatic imine (C=N–C) groups is 1. The highest BCUT2D eigenvalue weighted by Crippen LogP contribution is 2.29. The first-order valence-corrected chi connectivity index (χ1v) is 11.6. The molecule has 0 aliphatic rings. The number of phosphoric ester groups is 1. The summed E-state index contributed by atoms with van der Waals surface area (Å²) < 4.78 is 14.4. The molecule has 0 aromatic heterocycles. The predicted octanol–water partition coefficient (Wildman–Crippen LogP) is 4.04. The zero-order valence-electron chi connectivity index (χ0n) is 16.7. The van der Waals surface area contributed by atoms with Crippen molar-refractivity contribution in [3.8, 4) is 0 Å². The predicted molar refractivity (Wildman–Crippen MR) is 107 cm³/mol. The largest absolute Gasteiger partial charge is 0.862 e.